The molecule has 1 aliphatic heterocycles. The molecule has 1 saturated heterocycles. The minimum atomic E-state index is 0.194. The molecule has 1 aliphatic rings. The number of likely N-dealkylation sites (tertiary alicyclic amines) is 1. The molecule has 32 heavy (non-hydrogen) atoms. The van der Waals surface area contributed by atoms with E-state index < -0.39 is 0 Å². The molecule has 0 radical (unpaired) electrons. The zero-order valence-electron chi connectivity index (χ0n) is 19.0. The second-order valence-electron chi connectivity index (χ2n) is 8.63. The van der Waals surface area contributed by atoms with Crippen molar-refractivity contribution in [3.05, 3.63) is 72.3 Å². The third-order valence-electron chi connectivity index (χ3n) is 6.71. The lowest BCUT2D eigenvalue weighted by molar-refractivity contribution is 0.0907. The molecule has 0 N–H and O–H groups in total. The third-order valence-corrected chi connectivity index (χ3v) is 6.71. The average Bonchev–Trinajstić information content (AvgIpc) is 3.17. The molecule has 2 aromatic carbocycles. The number of unbranched alkanes of at least 4 members (excludes halogenated alkanes) is 1. The van der Waals surface area contributed by atoms with E-state index in [9.17, 15) is 4.79 Å². The number of hydrogen-bond acceptors (Lipinski definition) is 2. The van der Waals surface area contributed by atoms with Crippen LogP contribution in [0.15, 0.2) is 72.3 Å². The van der Waals surface area contributed by atoms with E-state index in [-0.39, 0.29) is 5.91 Å². The number of fused-ring (bicyclic) bond motifs is 3. The van der Waals surface area contributed by atoms with Crippen LogP contribution < -0.4 is 0 Å². The monoisotopic (exact) mass is 424 g/mol. The summed E-state index contributed by atoms with van der Waals surface area (Å²) in [7, 11) is 0. The van der Waals surface area contributed by atoms with Crippen molar-refractivity contribution in [3.63, 3.8) is 0 Å². The zero-order chi connectivity index (χ0) is 22.3. The van der Waals surface area contributed by atoms with Gasteiger partial charge in [0.25, 0.3) is 0 Å². The second kappa shape index (κ2) is 10.5. The number of rotatable bonds is 7. The number of benzene rings is 2. The van der Waals surface area contributed by atoms with Crippen LogP contribution in [0.1, 0.15) is 43.8 Å². The van der Waals surface area contributed by atoms with Crippen molar-refractivity contribution in [1.29, 1.82) is 0 Å². The molecule has 0 amide bonds. The Hall–Kier alpha value is -3.09. The summed E-state index contributed by atoms with van der Waals surface area (Å²) < 4.78 is 1.92. The first-order valence-corrected chi connectivity index (χ1v) is 11.8. The number of carbonyl (C=O) groups is 1. The highest BCUT2D eigenvalue weighted by molar-refractivity contribution is 6.13. The summed E-state index contributed by atoms with van der Waals surface area (Å²) >= 11 is 0. The summed E-state index contributed by atoms with van der Waals surface area (Å²) in [6.07, 6.45) is 16.3. The molecule has 0 saturated carbocycles. The molecule has 3 nitrogen and oxygen atoms in total. The Morgan fingerprint density at radius 1 is 1.03 bits per heavy atom. The van der Waals surface area contributed by atoms with Crippen LogP contribution in [0.3, 0.4) is 0 Å². The molecule has 2 heterocycles. The van der Waals surface area contributed by atoms with Crippen LogP contribution in [-0.4, -0.2) is 35.0 Å². The molecular formula is C29H32N2O. The SMILES string of the molecule is C#C/C=C\C(=C/C)C1CCN(CCCCC(=O)n2c3ccccc3c3ccccc32)CC1. The number of carbonyl (C=O) groups excluding carboxylic acids is 1. The molecule has 0 aliphatic carbocycles. The van der Waals surface area contributed by atoms with E-state index in [0.717, 1.165) is 54.3 Å². The molecule has 164 valence electrons. The molecular weight excluding hydrogens is 392 g/mol. The number of terminal acetylenes is 1. The van der Waals surface area contributed by atoms with Crippen LogP contribution in [-0.2, 0) is 0 Å². The van der Waals surface area contributed by atoms with Gasteiger partial charge in [0.05, 0.1) is 11.0 Å². The van der Waals surface area contributed by atoms with E-state index in [0.29, 0.717) is 12.3 Å². The van der Waals surface area contributed by atoms with E-state index in [1.54, 1.807) is 6.08 Å². The first-order chi connectivity index (χ1) is 15.7. The minimum absolute atomic E-state index is 0.194. The molecule has 0 bridgehead atoms. The topological polar surface area (TPSA) is 25.2 Å². The molecule has 0 spiro atoms. The van der Waals surface area contributed by atoms with Gasteiger partial charge in [-0.05, 0) is 81.9 Å². The van der Waals surface area contributed by atoms with Gasteiger partial charge in [-0.2, -0.15) is 0 Å². The molecule has 3 aromatic rings. The van der Waals surface area contributed by atoms with Crippen molar-refractivity contribution in [2.45, 2.75) is 39.0 Å². The molecule has 0 unspecified atom stereocenters. The fourth-order valence-corrected chi connectivity index (χ4v) is 5.02. The van der Waals surface area contributed by atoms with E-state index in [2.05, 4.69) is 54.2 Å². The highest BCUT2D eigenvalue weighted by atomic mass is 16.2. The normalized spacial score (nSPS) is 16.2. The number of nitrogens with zero attached hydrogens (tertiary/aromatic N) is 2. The van der Waals surface area contributed by atoms with Crippen molar-refractivity contribution >= 4 is 27.7 Å². The fourth-order valence-electron chi connectivity index (χ4n) is 5.02. The minimum Gasteiger partial charge on any atom is -0.303 e. The predicted octanol–water partition coefficient (Wildman–Crippen LogP) is 6.45. The summed E-state index contributed by atoms with van der Waals surface area (Å²) in [4.78, 5) is 15.7. The van der Waals surface area contributed by atoms with Crippen LogP contribution in [0.25, 0.3) is 21.8 Å². The Labute approximate surface area is 191 Å². The predicted molar refractivity (Wildman–Crippen MR) is 135 cm³/mol. The molecule has 0 atom stereocenters. The van der Waals surface area contributed by atoms with Crippen LogP contribution in [0.5, 0.6) is 0 Å². The number of aromatic nitrogens is 1. The maximum Gasteiger partial charge on any atom is 0.231 e. The van der Waals surface area contributed by atoms with Gasteiger partial charge in [-0.1, -0.05) is 54.5 Å². The smallest absolute Gasteiger partial charge is 0.231 e. The van der Waals surface area contributed by atoms with Crippen molar-refractivity contribution < 1.29 is 4.79 Å². The number of allylic oxidation sites excluding steroid dienone is 4. The van der Waals surface area contributed by atoms with E-state index in [4.69, 9.17) is 6.42 Å². The largest absolute Gasteiger partial charge is 0.303 e. The Morgan fingerprint density at radius 2 is 1.66 bits per heavy atom. The number of hydrogen-bond donors (Lipinski definition) is 0. The van der Waals surface area contributed by atoms with Crippen LogP contribution in [0.2, 0.25) is 0 Å². The van der Waals surface area contributed by atoms with Gasteiger partial charge in [-0.25, -0.2) is 0 Å². The van der Waals surface area contributed by atoms with Gasteiger partial charge in [0.2, 0.25) is 5.91 Å². The maximum absolute atomic E-state index is 13.1. The summed E-state index contributed by atoms with van der Waals surface area (Å²) in [5.74, 6) is 3.39. The average molecular weight is 425 g/mol. The number of piperidine rings is 1. The van der Waals surface area contributed by atoms with E-state index in [1.807, 2.05) is 28.8 Å². The summed E-state index contributed by atoms with van der Waals surface area (Å²) in [6, 6.07) is 16.4. The van der Waals surface area contributed by atoms with E-state index >= 15 is 0 Å². The van der Waals surface area contributed by atoms with Crippen LogP contribution in [0.4, 0.5) is 0 Å². The second-order valence-corrected chi connectivity index (χ2v) is 8.63. The van der Waals surface area contributed by atoms with Gasteiger partial charge in [0, 0.05) is 17.2 Å². The lowest BCUT2D eigenvalue weighted by Crippen LogP contribution is -2.34. The summed E-state index contributed by atoms with van der Waals surface area (Å²) in [5.41, 5.74) is 3.39. The first-order valence-electron chi connectivity index (χ1n) is 11.8. The van der Waals surface area contributed by atoms with Crippen molar-refractivity contribution in [3.8, 4) is 12.3 Å². The highest BCUT2D eigenvalue weighted by Crippen LogP contribution is 2.29. The highest BCUT2D eigenvalue weighted by Gasteiger charge is 2.21. The molecule has 1 aromatic heterocycles. The van der Waals surface area contributed by atoms with Crippen LogP contribution >= 0.6 is 0 Å². The number of para-hydroxylation sites is 2. The van der Waals surface area contributed by atoms with Gasteiger partial charge in [-0.15, -0.1) is 6.42 Å². The van der Waals surface area contributed by atoms with Gasteiger partial charge in [0.1, 0.15) is 0 Å². The Kier molecular flexibility index (Phi) is 7.24. The quantitative estimate of drug-likeness (QED) is 0.247. The molecule has 1 fully saturated rings. The standard InChI is InChI=1S/C29H32N2O/c1-3-5-12-23(4-2)24-18-21-30(22-19-24)20-11-10-17-29(32)31-27-15-8-6-13-25(27)26-14-7-9-16-28(26)31/h1,4-9,12-16,24H,10-11,17-22H2,2H3/b12-5-,23-4+. The van der Waals surface area contributed by atoms with Gasteiger partial charge >= 0.3 is 0 Å². The fraction of sp³-hybridized carbons (Fsp3) is 0.345. The zero-order valence-corrected chi connectivity index (χ0v) is 19.0. The third kappa shape index (κ3) is 4.71. The maximum atomic E-state index is 13.1. The summed E-state index contributed by atoms with van der Waals surface area (Å²) in [6.45, 7) is 5.40. The van der Waals surface area contributed by atoms with Gasteiger partial charge in [-0.3, -0.25) is 9.36 Å². The summed E-state index contributed by atoms with van der Waals surface area (Å²) in [5, 5.41) is 2.30. The van der Waals surface area contributed by atoms with Crippen molar-refractivity contribution in [1.82, 2.24) is 9.47 Å². The van der Waals surface area contributed by atoms with Crippen LogP contribution in [0, 0.1) is 18.3 Å². The Bertz CT molecular complexity index is 1130. The van der Waals surface area contributed by atoms with Crippen molar-refractivity contribution in [2.24, 2.45) is 5.92 Å². The Balaban J connectivity index is 1.30. The first kappa shape index (κ1) is 22.1. The Morgan fingerprint density at radius 3 is 2.25 bits per heavy atom. The van der Waals surface area contributed by atoms with Crippen molar-refractivity contribution in [2.75, 3.05) is 19.6 Å². The lowest BCUT2D eigenvalue weighted by atomic mass is 9.88. The lowest BCUT2D eigenvalue weighted by Gasteiger charge is -2.32. The van der Waals surface area contributed by atoms with Gasteiger partial charge in [0.15, 0.2) is 0 Å². The molecule has 3 heteroatoms. The van der Waals surface area contributed by atoms with Gasteiger partial charge < -0.3 is 4.90 Å². The van der Waals surface area contributed by atoms with E-state index in [1.165, 1.54) is 18.4 Å². The molecule has 4 rings (SSSR count).